The third-order valence-corrected chi connectivity index (χ3v) is 12.0. The Bertz CT molecular complexity index is 1550. The van der Waals surface area contributed by atoms with Crippen molar-refractivity contribution < 1.29 is 28.2 Å². The average molecular weight is 643 g/mol. The van der Waals surface area contributed by atoms with Crippen molar-refractivity contribution in [2.75, 3.05) is 24.6 Å². The second kappa shape index (κ2) is 12.0. The highest BCUT2D eigenvalue weighted by Gasteiger charge is 2.44. The van der Waals surface area contributed by atoms with Gasteiger partial charge in [-0.05, 0) is 119 Å². The minimum atomic E-state index is -4.12. The first-order chi connectivity index (χ1) is 20.8. The van der Waals surface area contributed by atoms with Crippen LogP contribution in [0.1, 0.15) is 80.3 Å². The Hall–Kier alpha value is -2.59. The number of fused-ring (bicyclic) bond motifs is 4. The van der Waals surface area contributed by atoms with E-state index in [0.717, 1.165) is 42.8 Å². The van der Waals surface area contributed by atoms with E-state index >= 15 is 0 Å². The summed E-state index contributed by atoms with van der Waals surface area (Å²) in [5.74, 6) is 0.284. The van der Waals surface area contributed by atoms with Gasteiger partial charge < -0.3 is 19.8 Å². The fraction of sp³-hybridized carbons (Fsp3) is 0.559. The zero-order valence-corrected chi connectivity index (χ0v) is 27.0. The summed E-state index contributed by atoms with van der Waals surface area (Å²) >= 11 is 6.39. The molecule has 4 aliphatic rings. The van der Waals surface area contributed by atoms with Crippen molar-refractivity contribution >= 4 is 33.2 Å². The van der Waals surface area contributed by atoms with Gasteiger partial charge in [-0.15, -0.1) is 0 Å². The highest BCUT2D eigenvalue weighted by molar-refractivity contribution is 7.90. The summed E-state index contributed by atoms with van der Waals surface area (Å²) < 4.78 is 35.8. The van der Waals surface area contributed by atoms with Gasteiger partial charge in [-0.1, -0.05) is 29.8 Å². The van der Waals surface area contributed by atoms with Gasteiger partial charge in [-0.25, -0.2) is 13.1 Å². The molecule has 2 aliphatic heterocycles. The summed E-state index contributed by atoms with van der Waals surface area (Å²) in [6.45, 7) is 4.96. The number of ether oxygens (including phenoxy) is 1. The number of aryl methyl sites for hydroxylation is 1. The Morgan fingerprint density at radius 1 is 1.16 bits per heavy atom. The van der Waals surface area contributed by atoms with E-state index in [1.165, 1.54) is 11.1 Å². The predicted octanol–water partition coefficient (Wildman–Crippen LogP) is 5.14. The number of hydrogen-bond donors (Lipinski definition) is 3. The molecule has 5 atom stereocenters. The molecule has 6 rings (SSSR count). The van der Waals surface area contributed by atoms with Gasteiger partial charge in [0.05, 0.1) is 29.2 Å². The van der Waals surface area contributed by atoms with Crippen LogP contribution < -0.4 is 14.4 Å². The molecule has 2 bridgehead atoms. The summed E-state index contributed by atoms with van der Waals surface area (Å²) in [5, 5.41) is 21.4. The first kappa shape index (κ1) is 31.4. The van der Waals surface area contributed by atoms with Crippen LogP contribution in [0.3, 0.4) is 0 Å². The van der Waals surface area contributed by atoms with Crippen LogP contribution in [0.2, 0.25) is 5.02 Å². The number of halogens is 1. The largest absolute Gasteiger partial charge is 0.490 e. The number of amides is 1. The third-order valence-electron chi connectivity index (χ3n) is 10.1. The molecule has 0 saturated heterocycles. The Kier molecular flexibility index (Phi) is 8.54. The lowest BCUT2D eigenvalue weighted by Crippen LogP contribution is -2.49. The van der Waals surface area contributed by atoms with E-state index in [2.05, 4.69) is 21.8 Å². The van der Waals surface area contributed by atoms with Gasteiger partial charge in [0.25, 0.3) is 5.91 Å². The molecule has 44 heavy (non-hydrogen) atoms. The molecule has 2 aromatic rings. The highest BCUT2D eigenvalue weighted by atomic mass is 35.5. The van der Waals surface area contributed by atoms with Gasteiger partial charge in [0.15, 0.2) is 0 Å². The summed E-state index contributed by atoms with van der Waals surface area (Å²) in [7, 11) is -4.12. The number of nitrogens with one attached hydrogen (secondary N) is 1. The molecule has 1 fully saturated rings. The molecule has 1 spiro atoms. The normalized spacial score (nSPS) is 31.0. The molecule has 0 radical (unpaired) electrons. The maximum atomic E-state index is 13.5. The van der Waals surface area contributed by atoms with Crippen LogP contribution in [0.4, 0.5) is 5.69 Å². The van der Waals surface area contributed by atoms with Gasteiger partial charge in [0.1, 0.15) is 5.75 Å². The molecule has 238 valence electrons. The highest BCUT2D eigenvalue weighted by Crippen LogP contribution is 2.46. The van der Waals surface area contributed by atoms with Gasteiger partial charge in [0.2, 0.25) is 10.0 Å². The number of rotatable bonds is 2. The molecule has 10 heteroatoms. The van der Waals surface area contributed by atoms with Crippen molar-refractivity contribution in [2.45, 2.75) is 87.6 Å². The molecular formula is C34H43ClN2O6S. The van der Waals surface area contributed by atoms with E-state index in [1.54, 1.807) is 38.1 Å². The molecule has 2 aliphatic carbocycles. The predicted molar refractivity (Wildman–Crippen MR) is 172 cm³/mol. The smallest absolute Gasteiger partial charge is 0.264 e. The number of aliphatic hydroxyl groups excluding tert-OH is 1. The maximum Gasteiger partial charge on any atom is 0.264 e. The van der Waals surface area contributed by atoms with Gasteiger partial charge in [0, 0.05) is 29.1 Å². The standard InChI is InChI=1S/C34H43ClN2O6S/c1-33(2,40)18-26-7-3-4-8-30(38)27-12-9-24(27)19-37-20-34(15-5-6-22-16-25(35)11-13-28(22)34)21-43-31-14-10-23(17-29(31)37)32(39)36-44(26,41)42/h4,8,10-11,13-14,16-17,24,26-27,30,38,40H,3,5-7,9,12,15,18-21H2,1-2H3,(H,36,39)/b8-4-/t24-,26-,27+,30-,34-/m0/s1. The molecule has 8 nitrogen and oxygen atoms in total. The lowest BCUT2D eigenvalue weighted by molar-refractivity contribution is 0.0455. The maximum absolute atomic E-state index is 13.5. The third kappa shape index (κ3) is 6.39. The molecule has 1 saturated carbocycles. The fourth-order valence-corrected chi connectivity index (χ4v) is 9.48. The number of anilines is 1. The fourth-order valence-electron chi connectivity index (χ4n) is 7.67. The van der Waals surface area contributed by atoms with Crippen LogP contribution in [-0.2, 0) is 21.9 Å². The second-order valence-electron chi connectivity index (χ2n) is 13.9. The molecule has 3 N–H and O–H groups in total. The molecule has 0 unspecified atom stereocenters. The van der Waals surface area contributed by atoms with E-state index in [9.17, 15) is 23.4 Å². The minimum Gasteiger partial charge on any atom is -0.490 e. The number of carbonyl (C=O) groups excluding carboxylic acids is 1. The van der Waals surface area contributed by atoms with Crippen LogP contribution in [0.15, 0.2) is 48.6 Å². The van der Waals surface area contributed by atoms with Crippen molar-refractivity contribution in [1.82, 2.24) is 4.72 Å². The minimum absolute atomic E-state index is 0.0305. The van der Waals surface area contributed by atoms with Crippen LogP contribution in [-0.4, -0.2) is 61.2 Å². The van der Waals surface area contributed by atoms with E-state index in [0.29, 0.717) is 31.9 Å². The second-order valence-corrected chi connectivity index (χ2v) is 16.3. The number of carbonyl (C=O) groups is 1. The summed E-state index contributed by atoms with van der Waals surface area (Å²) in [6.07, 6.45) is 8.39. The number of aliphatic hydroxyl groups is 2. The van der Waals surface area contributed by atoms with Crippen molar-refractivity contribution in [2.24, 2.45) is 11.8 Å². The van der Waals surface area contributed by atoms with E-state index in [4.69, 9.17) is 16.3 Å². The van der Waals surface area contributed by atoms with Crippen LogP contribution >= 0.6 is 11.6 Å². The zero-order chi connectivity index (χ0) is 31.3. The van der Waals surface area contributed by atoms with Crippen molar-refractivity contribution in [3.05, 3.63) is 70.3 Å². The first-order valence-electron chi connectivity index (χ1n) is 15.8. The molecular weight excluding hydrogens is 600 g/mol. The topological polar surface area (TPSA) is 116 Å². The number of sulfonamides is 1. The molecule has 1 amide bonds. The van der Waals surface area contributed by atoms with Gasteiger partial charge >= 0.3 is 0 Å². The quantitative estimate of drug-likeness (QED) is 0.389. The Balaban J connectivity index is 1.40. The van der Waals surface area contributed by atoms with Crippen LogP contribution in [0.25, 0.3) is 0 Å². The Morgan fingerprint density at radius 2 is 1.98 bits per heavy atom. The van der Waals surface area contributed by atoms with Crippen molar-refractivity contribution in [3.63, 3.8) is 0 Å². The SMILES string of the molecule is CC(C)(O)C[C@@H]1CC/C=C\[C@H](O)[C@@H]2CC[C@H]2CN2C[C@@]3(CCCc4cc(Cl)ccc43)COc3ccc(cc32)C(=O)NS1(=O)=O. The first-order valence-corrected chi connectivity index (χ1v) is 17.7. The van der Waals surface area contributed by atoms with Crippen molar-refractivity contribution in [1.29, 1.82) is 0 Å². The monoisotopic (exact) mass is 642 g/mol. The van der Waals surface area contributed by atoms with Gasteiger partial charge in [-0.3, -0.25) is 4.79 Å². The number of nitrogens with zero attached hydrogens (tertiary/aromatic N) is 1. The molecule has 2 heterocycles. The Morgan fingerprint density at radius 3 is 2.73 bits per heavy atom. The van der Waals surface area contributed by atoms with Crippen LogP contribution in [0.5, 0.6) is 5.75 Å². The zero-order valence-electron chi connectivity index (χ0n) is 25.5. The van der Waals surface area contributed by atoms with Crippen molar-refractivity contribution in [3.8, 4) is 5.75 Å². The lowest BCUT2D eigenvalue weighted by Gasteiger charge is -2.45. The summed E-state index contributed by atoms with van der Waals surface area (Å²) in [4.78, 5) is 15.8. The molecule has 2 aromatic carbocycles. The average Bonchev–Trinajstić information content (AvgIpc) is 3.08. The van der Waals surface area contributed by atoms with E-state index in [1.807, 2.05) is 12.1 Å². The van der Waals surface area contributed by atoms with Gasteiger partial charge in [-0.2, -0.15) is 0 Å². The number of allylic oxidation sites excluding steroid dienone is 1. The summed E-state index contributed by atoms with van der Waals surface area (Å²) in [5.41, 5.74) is 1.93. The van der Waals surface area contributed by atoms with Crippen LogP contribution in [0, 0.1) is 11.8 Å². The Labute approximate surface area is 265 Å². The van der Waals surface area contributed by atoms with E-state index in [-0.39, 0.29) is 35.7 Å². The number of benzene rings is 2. The lowest BCUT2D eigenvalue weighted by atomic mass is 9.68. The van der Waals surface area contributed by atoms with E-state index < -0.39 is 32.9 Å². The number of hydrogen-bond acceptors (Lipinski definition) is 7. The summed E-state index contributed by atoms with van der Waals surface area (Å²) in [6, 6.07) is 11.2. The molecule has 0 aromatic heterocycles.